The van der Waals surface area contributed by atoms with Crippen molar-refractivity contribution in [2.24, 2.45) is 0 Å². The van der Waals surface area contributed by atoms with Crippen molar-refractivity contribution in [3.63, 3.8) is 0 Å². The van der Waals surface area contributed by atoms with Crippen LogP contribution in [0.4, 0.5) is 10.1 Å². The van der Waals surface area contributed by atoms with E-state index in [-0.39, 0.29) is 16.6 Å². The number of anilines is 1. The zero-order valence-corrected chi connectivity index (χ0v) is 14.1. The van der Waals surface area contributed by atoms with Gasteiger partial charge in [0.05, 0.1) is 10.3 Å². The van der Waals surface area contributed by atoms with Gasteiger partial charge in [0, 0.05) is 11.9 Å². The number of benzene rings is 2. The molecular formula is C18H18FNO3S. The topological polar surface area (TPSA) is 63.2 Å². The van der Waals surface area contributed by atoms with E-state index in [1.54, 1.807) is 24.3 Å². The molecule has 0 bridgehead atoms. The molecule has 0 unspecified atom stereocenters. The Bertz CT molecular complexity index is 889. The highest BCUT2D eigenvalue weighted by Gasteiger charge is 2.45. The highest BCUT2D eigenvalue weighted by atomic mass is 32.2. The first-order valence-electron chi connectivity index (χ1n) is 7.69. The summed E-state index contributed by atoms with van der Waals surface area (Å²) in [5.41, 5.74) is 0.333. The number of amides is 1. The Hall–Kier alpha value is -2.21. The second kappa shape index (κ2) is 6.02. The molecule has 4 nitrogen and oxygen atoms in total. The minimum Gasteiger partial charge on any atom is -0.325 e. The first-order valence-corrected chi connectivity index (χ1v) is 9.58. The van der Waals surface area contributed by atoms with Crippen molar-refractivity contribution < 1.29 is 17.6 Å². The van der Waals surface area contributed by atoms with Crippen LogP contribution in [-0.2, 0) is 20.0 Å². The number of hydrogen-bond acceptors (Lipinski definition) is 3. The molecule has 2 aromatic carbocycles. The minimum atomic E-state index is -3.35. The number of hydrogen-bond donors (Lipinski definition) is 1. The maximum atomic E-state index is 13.5. The summed E-state index contributed by atoms with van der Waals surface area (Å²) in [6.45, 7) is 0. The average molecular weight is 347 g/mol. The second-order valence-electron chi connectivity index (χ2n) is 6.20. The van der Waals surface area contributed by atoms with Crippen molar-refractivity contribution in [1.29, 1.82) is 0 Å². The van der Waals surface area contributed by atoms with Gasteiger partial charge in [-0.2, -0.15) is 0 Å². The molecule has 0 spiro atoms. The van der Waals surface area contributed by atoms with Gasteiger partial charge in [0.1, 0.15) is 5.82 Å². The van der Waals surface area contributed by atoms with Gasteiger partial charge in [-0.15, -0.1) is 0 Å². The summed E-state index contributed by atoms with van der Waals surface area (Å²) in [5, 5.41) is 2.79. The molecule has 0 radical (unpaired) electrons. The average Bonchev–Trinajstić information content (AvgIpc) is 2.45. The molecule has 1 aliphatic carbocycles. The van der Waals surface area contributed by atoms with E-state index in [0.29, 0.717) is 24.1 Å². The van der Waals surface area contributed by atoms with Crippen molar-refractivity contribution >= 4 is 21.4 Å². The van der Waals surface area contributed by atoms with Crippen LogP contribution in [0.1, 0.15) is 24.8 Å². The Labute approximate surface area is 140 Å². The first-order chi connectivity index (χ1) is 11.3. The molecule has 126 valence electrons. The molecule has 1 N–H and O–H groups in total. The minimum absolute atomic E-state index is 0.147. The van der Waals surface area contributed by atoms with Crippen molar-refractivity contribution in [2.75, 3.05) is 11.6 Å². The van der Waals surface area contributed by atoms with Gasteiger partial charge < -0.3 is 5.32 Å². The number of nitrogens with one attached hydrogen (secondary N) is 1. The fourth-order valence-electron chi connectivity index (χ4n) is 3.02. The lowest BCUT2D eigenvalue weighted by atomic mass is 9.63. The van der Waals surface area contributed by atoms with Crippen molar-refractivity contribution in [2.45, 2.75) is 29.6 Å². The van der Waals surface area contributed by atoms with E-state index in [1.807, 2.05) is 0 Å². The maximum Gasteiger partial charge on any atom is 0.235 e. The highest BCUT2D eigenvalue weighted by Crippen LogP contribution is 2.44. The summed E-state index contributed by atoms with van der Waals surface area (Å²) in [6.07, 6.45) is 3.31. The zero-order chi connectivity index (χ0) is 17.4. The van der Waals surface area contributed by atoms with Crippen LogP contribution < -0.4 is 5.32 Å². The molecule has 1 saturated carbocycles. The summed E-state index contributed by atoms with van der Waals surface area (Å²) < 4.78 is 36.8. The summed E-state index contributed by atoms with van der Waals surface area (Å²) in [5.74, 6) is -0.601. The van der Waals surface area contributed by atoms with Gasteiger partial charge in [-0.25, -0.2) is 12.8 Å². The van der Waals surface area contributed by atoms with Crippen LogP contribution in [-0.4, -0.2) is 20.6 Å². The largest absolute Gasteiger partial charge is 0.325 e. The summed E-state index contributed by atoms with van der Waals surface area (Å²) >= 11 is 0. The number of rotatable bonds is 4. The van der Waals surface area contributed by atoms with E-state index in [4.69, 9.17) is 0 Å². The van der Waals surface area contributed by atoms with Gasteiger partial charge >= 0.3 is 0 Å². The summed E-state index contributed by atoms with van der Waals surface area (Å²) in [4.78, 5) is 13.0. The van der Waals surface area contributed by atoms with E-state index >= 15 is 0 Å². The van der Waals surface area contributed by atoms with Gasteiger partial charge in [-0.05, 0) is 48.7 Å². The van der Waals surface area contributed by atoms with Crippen LogP contribution in [0.2, 0.25) is 0 Å². The third-order valence-corrected chi connectivity index (χ3v) is 5.65. The van der Waals surface area contributed by atoms with Crippen LogP contribution in [0.25, 0.3) is 0 Å². The van der Waals surface area contributed by atoms with E-state index < -0.39 is 15.3 Å². The second-order valence-corrected chi connectivity index (χ2v) is 8.22. The molecule has 2 aromatic rings. The number of halogens is 1. The lowest BCUT2D eigenvalue weighted by Gasteiger charge is -2.40. The van der Waals surface area contributed by atoms with E-state index in [9.17, 15) is 17.6 Å². The van der Waals surface area contributed by atoms with Gasteiger partial charge in [-0.1, -0.05) is 24.6 Å². The number of carbonyl (C=O) groups is 1. The molecule has 1 fully saturated rings. The van der Waals surface area contributed by atoms with Crippen molar-refractivity contribution in [1.82, 2.24) is 0 Å². The highest BCUT2D eigenvalue weighted by molar-refractivity contribution is 7.90. The molecule has 0 saturated heterocycles. The number of sulfone groups is 1. The van der Waals surface area contributed by atoms with Crippen molar-refractivity contribution in [3.8, 4) is 0 Å². The first kappa shape index (κ1) is 16.6. The lowest BCUT2D eigenvalue weighted by Crippen LogP contribution is -2.46. The Kier molecular flexibility index (Phi) is 4.17. The molecule has 0 aliphatic heterocycles. The molecule has 3 rings (SSSR count). The molecule has 1 aliphatic rings. The predicted octanol–water partition coefficient (Wildman–Crippen LogP) is 3.29. The number of carbonyl (C=O) groups excluding carboxylic acids is 1. The van der Waals surface area contributed by atoms with Gasteiger partial charge in [0.15, 0.2) is 9.84 Å². The van der Waals surface area contributed by atoms with Crippen LogP contribution in [0.5, 0.6) is 0 Å². The molecular weight excluding hydrogens is 329 g/mol. The summed E-state index contributed by atoms with van der Waals surface area (Å²) in [7, 11) is -3.35. The van der Waals surface area contributed by atoms with Gasteiger partial charge in [0.25, 0.3) is 0 Å². The predicted molar refractivity (Wildman–Crippen MR) is 90.1 cm³/mol. The zero-order valence-electron chi connectivity index (χ0n) is 13.3. The van der Waals surface area contributed by atoms with E-state index in [1.165, 1.54) is 24.3 Å². The van der Waals surface area contributed by atoms with E-state index in [2.05, 4.69) is 5.32 Å². The maximum absolute atomic E-state index is 13.5. The van der Waals surface area contributed by atoms with Crippen LogP contribution in [0.15, 0.2) is 53.4 Å². The van der Waals surface area contributed by atoms with Crippen molar-refractivity contribution in [3.05, 3.63) is 59.9 Å². The van der Waals surface area contributed by atoms with Crippen LogP contribution in [0.3, 0.4) is 0 Å². The van der Waals surface area contributed by atoms with Gasteiger partial charge in [0.2, 0.25) is 5.91 Å². The molecule has 6 heteroatoms. The molecule has 0 heterocycles. The SMILES string of the molecule is CS(=O)(=O)c1cccc(NC(=O)C2(c3cccc(F)c3)CCC2)c1. The smallest absolute Gasteiger partial charge is 0.235 e. The normalized spacial score (nSPS) is 16.2. The fourth-order valence-corrected chi connectivity index (χ4v) is 3.69. The summed E-state index contributed by atoms with van der Waals surface area (Å²) in [6, 6.07) is 12.3. The molecule has 0 aromatic heterocycles. The lowest BCUT2D eigenvalue weighted by molar-refractivity contribution is -0.124. The monoisotopic (exact) mass is 347 g/mol. The molecule has 24 heavy (non-hydrogen) atoms. The third kappa shape index (κ3) is 3.06. The van der Waals surface area contributed by atoms with Crippen LogP contribution >= 0.6 is 0 Å². The van der Waals surface area contributed by atoms with Gasteiger partial charge in [-0.3, -0.25) is 4.79 Å². The molecule has 1 amide bonds. The Morgan fingerprint density at radius 3 is 2.42 bits per heavy atom. The van der Waals surface area contributed by atoms with Crippen LogP contribution in [0, 0.1) is 5.82 Å². The van der Waals surface area contributed by atoms with E-state index in [0.717, 1.165) is 12.7 Å². The Morgan fingerprint density at radius 1 is 1.12 bits per heavy atom. The Balaban J connectivity index is 1.89. The third-order valence-electron chi connectivity index (χ3n) is 4.54. The molecule has 0 atom stereocenters. The Morgan fingerprint density at radius 2 is 1.83 bits per heavy atom. The quantitative estimate of drug-likeness (QED) is 0.923. The fraction of sp³-hybridized carbons (Fsp3) is 0.278. The standard InChI is InChI=1S/C18H18FNO3S/c1-24(22,23)16-8-3-7-15(12-16)20-17(21)18(9-4-10-18)13-5-2-6-14(19)11-13/h2-3,5-8,11-12H,4,9-10H2,1H3,(H,20,21).